The van der Waals surface area contributed by atoms with E-state index in [1.165, 1.54) is 27.7 Å². The fraction of sp³-hybridized carbons (Fsp3) is 0.185. The van der Waals surface area contributed by atoms with Crippen molar-refractivity contribution in [3.8, 4) is 0 Å². The van der Waals surface area contributed by atoms with Crippen molar-refractivity contribution in [3.63, 3.8) is 0 Å². The van der Waals surface area contributed by atoms with E-state index in [1.807, 2.05) is 48.7 Å². The molecule has 174 valence electrons. The van der Waals surface area contributed by atoms with Gasteiger partial charge in [-0.1, -0.05) is 48.5 Å². The highest BCUT2D eigenvalue weighted by molar-refractivity contribution is 6.33. The average molecular weight is 463 g/mol. The second kappa shape index (κ2) is 10.6. The molecule has 0 aliphatic carbocycles. The van der Waals surface area contributed by atoms with Crippen LogP contribution in [0.15, 0.2) is 91.2 Å². The number of hydrogen-bond acceptors (Lipinski definition) is 1. The van der Waals surface area contributed by atoms with Gasteiger partial charge in [0.25, 0.3) is 0 Å². The molecule has 4 rings (SSSR count). The van der Waals surface area contributed by atoms with E-state index in [2.05, 4.69) is 67.9 Å². The third kappa shape index (κ3) is 5.30. The predicted molar refractivity (Wildman–Crippen MR) is 135 cm³/mol. The summed E-state index contributed by atoms with van der Waals surface area (Å²) in [4.78, 5) is 13.7. The Balaban J connectivity index is 0.000000751. The van der Waals surface area contributed by atoms with E-state index in [4.69, 9.17) is 0 Å². The highest BCUT2D eigenvalue weighted by Crippen LogP contribution is 2.43. The molecule has 0 saturated carbocycles. The number of halogens is 3. The normalized spacial score (nSPS) is 14.3. The van der Waals surface area contributed by atoms with E-state index in [0.717, 1.165) is 5.69 Å². The number of benzene rings is 3. The van der Waals surface area contributed by atoms with Gasteiger partial charge in [-0.2, -0.15) is 4.58 Å². The lowest BCUT2D eigenvalue weighted by Gasteiger charge is -2.17. The van der Waals surface area contributed by atoms with Crippen molar-refractivity contribution in [2.45, 2.75) is 26.2 Å². The van der Waals surface area contributed by atoms with E-state index < -0.39 is 7.54 Å². The van der Waals surface area contributed by atoms with Crippen LogP contribution in [-0.4, -0.2) is 30.8 Å². The molecule has 3 aromatic carbocycles. The summed E-state index contributed by atoms with van der Waals surface area (Å²) in [6.45, 7) is 6.12. The molecule has 0 spiro atoms. The minimum atomic E-state index is -3.67. The monoisotopic (exact) mass is 463 g/mol. The van der Waals surface area contributed by atoms with Gasteiger partial charge in [-0.25, -0.2) is 0 Å². The summed E-state index contributed by atoms with van der Waals surface area (Å²) in [7, 11) is -1.54. The van der Waals surface area contributed by atoms with Crippen molar-refractivity contribution in [2.24, 2.45) is 0 Å². The zero-order valence-electron chi connectivity index (χ0n) is 19.7. The van der Waals surface area contributed by atoms with Crippen LogP contribution < -0.4 is 4.90 Å². The summed E-state index contributed by atoms with van der Waals surface area (Å²) in [5, 5.41) is 2.57. The minimum Gasteiger partial charge on any atom is -0.288 e. The first kappa shape index (κ1) is 25.0. The Kier molecular flexibility index (Phi) is 7.77. The summed E-state index contributed by atoms with van der Waals surface area (Å²) in [5.74, 6) is -0.0179. The molecule has 0 radical (unpaired) electrons. The van der Waals surface area contributed by atoms with Crippen molar-refractivity contribution in [1.82, 2.24) is 0 Å². The molecule has 7 heteroatoms. The van der Waals surface area contributed by atoms with E-state index in [0.29, 0.717) is 0 Å². The first-order chi connectivity index (χ1) is 16.1. The van der Waals surface area contributed by atoms with Gasteiger partial charge >= 0.3 is 7.54 Å². The van der Waals surface area contributed by atoms with Gasteiger partial charge in [0.15, 0.2) is 5.71 Å². The average Bonchev–Trinajstić information content (AvgIpc) is 2.99. The van der Waals surface area contributed by atoms with Gasteiger partial charge in [0, 0.05) is 36.5 Å². The Bertz CT molecular complexity index is 1260. The van der Waals surface area contributed by atoms with Gasteiger partial charge in [0.05, 0.1) is 5.41 Å². The number of carbonyl (C=O) groups excluding carboxylic acids is 1. The van der Waals surface area contributed by atoms with Crippen molar-refractivity contribution in [3.05, 3.63) is 96.7 Å². The number of hydrogen-bond donors (Lipinski definition) is 0. The summed E-state index contributed by atoms with van der Waals surface area (Å²) in [5.41, 5.74) is 4.58. The summed E-state index contributed by atoms with van der Waals surface area (Å²) < 4.78 is 31.3. The predicted octanol–water partition coefficient (Wildman–Crippen LogP) is 6.85. The molecule has 1 heterocycles. The van der Waals surface area contributed by atoms with Gasteiger partial charge in [-0.05, 0) is 48.9 Å². The summed E-state index contributed by atoms with van der Waals surface area (Å²) >= 11 is 0. The topological polar surface area (TPSA) is 23.3 Å². The molecule has 3 nitrogen and oxygen atoms in total. The van der Waals surface area contributed by atoms with Crippen molar-refractivity contribution in [2.75, 3.05) is 11.9 Å². The number of anilines is 1. The molecule has 3 aromatic rings. The number of allylic oxidation sites excluding steroid dienone is 3. The van der Waals surface area contributed by atoms with Crippen LogP contribution in [0.5, 0.6) is 0 Å². The summed E-state index contributed by atoms with van der Waals surface area (Å²) in [6.07, 6.45) is 7.90. The molecule has 0 atom stereocenters. The first-order valence-electron chi connectivity index (χ1n) is 10.9. The number of nitrogens with zero attached hydrogens (tertiary/aromatic N) is 2. The van der Waals surface area contributed by atoms with Gasteiger partial charge in [0.1, 0.15) is 7.05 Å². The van der Waals surface area contributed by atoms with Crippen LogP contribution >= 0.6 is 0 Å². The second-order valence-corrected chi connectivity index (χ2v) is 8.42. The van der Waals surface area contributed by atoms with Crippen molar-refractivity contribution >= 4 is 41.3 Å². The van der Waals surface area contributed by atoms with Crippen LogP contribution in [0.25, 0.3) is 10.8 Å². The number of para-hydroxylation sites is 1. The molecule has 1 aliphatic rings. The fourth-order valence-corrected chi connectivity index (χ4v) is 4.44. The lowest BCUT2D eigenvalue weighted by Crippen LogP contribution is -2.26. The molecule has 1 aliphatic heterocycles. The molecular weight excluding hydrogens is 436 g/mol. The van der Waals surface area contributed by atoms with Gasteiger partial charge < -0.3 is 0 Å². The number of fused-ring (bicyclic) bond motifs is 3. The smallest absolute Gasteiger partial charge is 0.288 e. The fourth-order valence-electron chi connectivity index (χ4n) is 4.44. The molecular formula is C27H27BF3N2O+. The Morgan fingerprint density at radius 2 is 1.56 bits per heavy atom. The molecule has 0 fully saturated rings. The third-order valence-electron chi connectivity index (χ3n) is 5.87. The van der Waals surface area contributed by atoms with Crippen LogP contribution in [0, 0.1) is 0 Å². The van der Waals surface area contributed by atoms with Gasteiger partial charge in [-0.15, -0.1) is 0 Å². The Labute approximate surface area is 198 Å². The minimum absolute atomic E-state index is 0.0179. The number of amides is 1. The molecule has 0 saturated heterocycles. The lowest BCUT2D eigenvalue weighted by molar-refractivity contribution is -0.401. The Morgan fingerprint density at radius 1 is 0.941 bits per heavy atom. The van der Waals surface area contributed by atoms with E-state index in [1.54, 1.807) is 11.8 Å². The van der Waals surface area contributed by atoms with E-state index >= 15 is 0 Å². The molecule has 0 N–H and O–H groups in total. The maximum atomic E-state index is 12.1. The van der Waals surface area contributed by atoms with Crippen LogP contribution in [0.1, 0.15) is 26.3 Å². The highest BCUT2D eigenvalue weighted by Gasteiger charge is 2.43. The molecule has 0 bridgehead atoms. The van der Waals surface area contributed by atoms with Crippen LogP contribution in [0.3, 0.4) is 0 Å². The largest absolute Gasteiger partial charge is 0.762 e. The third-order valence-corrected chi connectivity index (χ3v) is 5.87. The standard InChI is InChI=1S/C27H27N2O.BF3/c1-20(30)29(22-13-6-5-7-14-22)19-11-10-16-25-27(2,3)26-23-15-9-8-12-21(23)17-18-24(26)28(25)4;2-1(3)4/h5-19H,1-4H3;/q+1;. The van der Waals surface area contributed by atoms with E-state index in [-0.39, 0.29) is 11.3 Å². The van der Waals surface area contributed by atoms with Crippen LogP contribution in [0.2, 0.25) is 0 Å². The molecule has 34 heavy (non-hydrogen) atoms. The SMILES string of the molecule is CC(=O)N(C=CC=CC1=[N+](C)c2ccc3ccccc3c2C1(C)C)c1ccccc1.FB(F)F. The van der Waals surface area contributed by atoms with Crippen molar-refractivity contribution < 1.29 is 22.3 Å². The van der Waals surface area contributed by atoms with Crippen LogP contribution in [-0.2, 0) is 10.2 Å². The van der Waals surface area contributed by atoms with Crippen LogP contribution in [0.4, 0.5) is 24.3 Å². The second-order valence-electron chi connectivity index (χ2n) is 8.42. The highest BCUT2D eigenvalue weighted by atomic mass is 19.4. The summed E-state index contributed by atoms with van der Waals surface area (Å²) in [6, 6.07) is 22.6. The van der Waals surface area contributed by atoms with E-state index in [9.17, 15) is 17.7 Å². The molecule has 1 amide bonds. The van der Waals surface area contributed by atoms with Gasteiger partial charge in [-0.3, -0.25) is 22.6 Å². The number of carbonyl (C=O) groups is 1. The first-order valence-corrected chi connectivity index (χ1v) is 10.9. The van der Waals surface area contributed by atoms with Crippen molar-refractivity contribution in [1.29, 1.82) is 0 Å². The maximum Gasteiger partial charge on any atom is 0.762 e. The lowest BCUT2D eigenvalue weighted by atomic mass is 9.79. The molecule has 0 unspecified atom stereocenters. The number of rotatable bonds is 4. The van der Waals surface area contributed by atoms with Gasteiger partial charge in [0.2, 0.25) is 11.6 Å². The zero-order chi connectivity index (χ0) is 24.9. The zero-order valence-corrected chi connectivity index (χ0v) is 19.7. The molecule has 0 aromatic heterocycles. The Hall–Kier alpha value is -3.61. The Morgan fingerprint density at radius 3 is 2.21 bits per heavy atom. The quantitative estimate of drug-likeness (QED) is 0.236. The maximum absolute atomic E-state index is 12.1.